The topological polar surface area (TPSA) is 52.8 Å². The van der Waals surface area contributed by atoms with E-state index >= 15 is 0 Å². The van der Waals surface area contributed by atoms with Crippen LogP contribution in [0.5, 0.6) is 5.75 Å². The monoisotopic (exact) mass is 362 g/mol. The van der Waals surface area contributed by atoms with Gasteiger partial charge in [0.15, 0.2) is 17.2 Å². The van der Waals surface area contributed by atoms with Crippen molar-refractivity contribution in [3.8, 4) is 17.1 Å². The summed E-state index contributed by atoms with van der Waals surface area (Å²) in [6.45, 7) is 3.87. The van der Waals surface area contributed by atoms with Gasteiger partial charge < -0.3 is 9.30 Å². The molecule has 0 aliphatic rings. The van der Waals surface area contributed by atoms with E-state index in [9.17, 15) is 0 Å². The minimum Gasteiger partial charge on any atom is -0.480 e. The van der Waals surface area contributed by atoms with E-state index in [1.165, 1.54) is 0 Å². The van der Waals surface area contributed by atoms with Gasteiger partial charge in [0.05, 0.1) is 5.02 Å². The summed E-state index contributed by atoms with van der Waals surface area (Å²) in [5, 5.41) is 9.75. The predicted octanol–water partition coefficient (Wildman–Crippen LogP) is 4.50. The summed E-state index contributed by atoms with van der Waals surface area (Å²) in [5.74, 6) is 2.04. The molecule has 0 aliphatic heterocycles. The number of aromatic nitrogens is 4. The van der Waals surface area contributed by atoms with E-state index in [1.54, 1.807) is 24.5 Å². The van der Waals surface area contributed by atoms with Crippen molar-refractivity contribution in [3.05, 3.63) is 58.6 Å². The molecule has 0 spiro atoms. The highest BCUT2D eigenvalue weighted by Gasteiger charge is 2.30. The second-order valence-electron chi connectivity index (χ2n) is 5.83. The number of benzene rings is 1. The minimum absolute atomic E-state index is 0.524. The summed E-state index contributed by atoms with van der Waals surface area (Å²) >= 11 is 12.1. The van der Waals surface area contributed by atoms with Crippen LogP contribution in [0.15, 0.2) is 42.7 Å². The predicted molar refractivity (Wildman–Crippen MR) is 94.4 cm³/mol. The van der Waals surface area contributed by atoms with Gasteiger partial charge in [0.2, 0.25) is 0 Å². The molecule has 2 heterocycles. The Bertz CT molecular complexity index is 859. The van der Waals surface area contributed by atoms with Crippen molar-refractivity contribution in [2.45, 2.75) is 19.4 Å². The fourth-order valence-corrected chi connectivity index (χ4v) is 2.82. The normalized spacial score (nSPS) is 11.5. The molecule has 5 nitrogen and oxygen atoms in total. The van der Waals surface area contributed by atoms with Gasteiger partial charge in [0.25, 0.3) is 0 Å². The average molecular weight is 363 g/mol. The molecule has 124 valence electrons. The number of rotatable bonds is 4. The van der Waals surface area contributed by atoms with E-state index < -0.39 is 5.60 Å². The van der Waals surface area contributed by atoms with Crippen LogP contribution in [-0.2, 0) is 12.6 Å². The lowest BCUT2D eigenvalue weighted by molar-refractivity contribution is 0.0950. The lowest BCUT2D eigenvalue weighted by Crippen LogP contribution is -2.29. The molecule has 2 aromatic heterocycles. The molecule has 0 unspecified atom stereocenters. The molecule has 1 aromatic carbocycles. The van der Waals surface area contributed by atoms with E-state index in [2.05, 4.69) is 15.2 Å². The fraction of sp³-hybridized carbons (Fsp3) is 0.235. The van der Waals surface area contributed by atoms with Crippen LogP contribution in [-0.4, -0.2) is 19.7 Å². The first-order chi connectivity index (χ1) is 11.4. The molecule has 0 aliphatic carbocycles. The smallest absolute Gasteiger partial charge is 0.176 e. The van der Waals surface area contributed by atoms with Crippen molar-refractivity contribution >= 4 is 23.2 Å². The Morgan fingerprint density at radius 3 is 2.42 bits per heavy atom. The van der Waals surface area contributed by atoms with Crippen LogP contribution in [0, 0.1) is 0 Å². The van der Waals surface area contributed by atoms with Crippen LogP contribution in [0.2, 0.25) is 10.0 Å². The Morgan fingerprint density at radius 2 is 1.75 bits per heavy atom. The minimum atomic E-state index is -0.687. The van der Waals surface area contributed by atoms with E-state index in [1.807, 2.05) is 43.7 Å². The van der Waals surface area contributed by atoms with Gasteiger partial charge in [-0.05, 0) is 44.2 Å². The third-order valence-electron chi connectivity index (χ3n) is 3.61. The van der Waals surface area contributed by atoms with Gasteiger partial charge in [-0.15, -0.1) is 10.2 Å². The van der Waals surface area contributed by atoms with Crippen LogP contribution >= 0.6 is 23.2 Å². The molecule has 0 bridgehead atoms. The van der Waals surface area contributed by atoms with Crippen LogP contribution in [0.25, 0.3) is 11.4 Å². The molecular formula is C17H16Cl2N4O. The fourth-order valence-electron chi connectivity index (χ4n) is 2.49. The molecule has 24 heavy (non-hydrogen) atoms. The van der Waals surface area contributed by atoms with Crippen molar-refractivity contribution in [2.24, 2.45) is 7.05 Å². The van der Waals surface area contributed by atoms with Crippen molar-refractivity contribution in [3.63, 3.8) is 0 Å². The lowest BCUT2D eigenvalue weighted by atomic mass is 10.1. The molecule has 3 rings (SSSR count). The standard InChI is InChI=1S/C17H16Cl2N4O/c1-17(2,24-12-6-4-11(18)5-7-12)16-22-21-15(23(16)3)13-8-9-20-10-14(13)19/h4-10H,1-3H3. The summed E-state index contributed by atoms with van der Waals surface area (Å²) < 4.78 is 7.95. The Hall–Kier alpha value is -2.11. The lowest BCUT2D eigenvalue weighted by Gasteiger charge is -2.25. The van der Waals surface area contributed by atoms with Gasteiger partial charge >= 0.3 is 0 Å². The molecule has 3 aromatic rings. The quantitative estimate of drug-likeness (QED) is 0.685. The number of hydrogen-bond donors (Lipinski definition) is 0. The molecule has 0 saturated carbocycles. The third kappa shape index (κ3) is 3.23. The maximum Gasteiger partial charge on any atom is 0.176 e. The molecule has 0 amide bonds. The Balaban J connectivity index is 1.94. The second kappa shape index (κ2) is 6.42. The number of nitrogens with zero attached hydrogens (tertiary/aromatic N) is 4. The third-order valence-corrected chi connectivity index (χ3v) is 4.17. The first-order valence-corrected chi connectivity index (χ1v) is 8.08. The number of hydrogen-bond acceptors (Lipinski definition) is 4. The number of halogens is 2. The Labute approximate surface area is 150 Å². The Morgan fingerprint density at radius 1 is 1.04 bits per heavy atom. The number of pyridine rings is 1. The average Bonchev–Trinajstić information content (AvgIpc) is 2.92. The highest BCUT2D eigenvalue weighted by molar-refractivity contribution is 6.33. The van der Waals surface area contributed by atoms with E-state index in [0.29, 0.717) is 27.4 Å². The molecule has 0 atom stereocenters. The maximum atomic E-state index is 6.21. The summed E-state index contributed by atoms with van der Waals surface area (Å²) in [6.07, 6.45) is 3.26. The molecule has 0 N–H and O–H groups in total. The van der Waals surface area contributed by atoms with Gasteiger partial charge in [-0.2, -0.15) is 0 Å². The molecule has 7 heteroatoms. The van der Waals surface area contributed by atoms with Crippen molar-refractivity contribution < 1.29 is 4.74 Å². The SMILES string of the molecule is Cn1c(-c2ccncc2Cl)nnc1C(C)(C)Oc1ccc(Cl)cc1. The highest BCUT2D eigenvalue weighted by Crippen LogP contribution is 2.31. The Kier molecular flexibility index (Phi) is 4.47. The first kappa shape index (κ1) is 16.7. The molecule has 0 fully saturated rings. The van der Waals surface area contributed by atoms with Gasteiger partial charge in [-0.25, -0.2) is 0 Å². The largest absolute Gasteiger partial charge is 0.480 e. The van der Waals surface area contributed by atoms with Crippen molar-refractivity contribution in [1.82, 2.24) is 19.7 Å². The summed E-state index contributed by atoms with van der Waals surface area (Å²) in [6, 6.07) is 9.02. The highest BCUT2D eigenvalue weighted by atomic mass is 35.5. The van der Waals surface area contributed by atoms with E-state index in [-0.39, 0.29) is 0 Å². The first-order valence-electron chi connectivity index (χ1n) is 7.33. The van der Waals surface area contributed by atoms with Crippen molar-refractivity contribution in [2.75, 3.05) is 0 Å². The zero-order chi connectivity index (χ0) is 17.3. The summed E-state index contributed by atoms with van der Waals surface area (Å²) in [4.78, 5) is 3.99. The zero-order valence-corrected chi connectivity index (χ0v) is 15.0. The molecule has 0 radical (unpaired) electrons. The molecular weight excluding hydrogens is 347 g/mol. The summed E-state index contributed by atoms with van der Waals surface area (Å²) in [7, 11) is 1.88. The van der Waals surface area contributed by atoms with Gasteiger partial charge in [0, 0.05) is 30.0 Å². The van der Waals surface area contributed by atoms with Gasteiger partial charge in [-0.3, -0.25) is 4.98 Å². The number of ether oxygens (including phenoxy) is 1. The van der Waals surface area contributed by atoms with Crippen LogP contribution in [0.3, 0.4) is 0 Å². The molecule has 0 saturated heterocycles. The van der Waals surface area contributed by atoms with E-state index in [0.717, 1.165) is 5.56 Å². The van der Waals surface area contributed by atoms with Gasteiger partial charge in [0.1, 0.15) is 5.75 Å². The van der Waals surface area contributed by atoms with Crippen molar-refractivity contribution in [1.29, 1.82) is 0 Å². The second-order valence-corrected chi connectivity index (χ2v) is 6.67. The van der Waals surface area contributed by atoms with Gasteiger partial charge in [-0.1, -0.05) is 23.2 Å². The van der Waals surface area contributed by atoms with E-state index in [4.69, 9.17) is 27.9 Å². The van der Waals surface area contributed by atoms with Crippen LogP contribution < -0.4 is 4.74 Å². The maximum absolute atomic E-state index is 6.21. The zero-order valence-electron chi connectivity index (χ0n) is 13.5. The van der Waals surface area contributed by atoms with Crippen LogP contribution in [0.1, 0.15) is 19.7 Å². The van der Waals surface area contributed by atoms with Crippen LogP contribution in [0.4, 0.5) is 0 Å². The summed E-state index contributed by atoms with van der Waals surface area (Å²) in [5.41, 5.74) is 0.0862.